The van der Waals surface area contributed by atoms with Gasteiger partial charge >= 0.3 is 0 Å². The highest BCUT2D eigenvalue weighted by Gasteiger charge is 2.14. The number of hydrogen-bond acceptors (Lipinski definition) is 3. The fourth-order valence-electron chi connectivity index (χ4n) is 2.75. The highest BCUT2D eigenvalue weighted by atomic mass is 127. The lowest BCUT2D eigenvalue weighted by atomic mass is 9.99. The molecule has 1 aromatic rings. The van der Waals surface area contributed by atoms with Gasteiger partial charge in [0.25, 0.3) is 0 Å². The van der Waals surface area contributed by atoms with E-state index in [1.165, 1.54) is 50.9 Å². The Morgan fingerprint density at radius 3 is 2.74 bits per heavy atom. The molecule has 0 radical (unpaired) electrons. The molecule has 132 valence electrons. The Morgan fingerprint density at radius 1 is 1.30 bits per heavy atom. The molecule has 0 spiro atoms. The SMILES string of the molecule is CN=C(NCCCCN1CCC(C)CC1)NCc1ccsc1.I. The minimum absolute atomic E-state index is 0. The summed E-state index contributed by atoms with van der Waals surface area (Å²) in [6, 6.07) is 2.14. The van der Waals surface area contributed by atoms with Gasteiger partial charge in [0.15, 0.2) is 5.96 Å². The number of aliphatic imine (C=N–C) groups is 1. The van der Waals surface area contributed by atoms with Crippen molar-refractivity contribution in [3.63, 3.8) is 0 Å². The molecule has 4 nitrogen and oxygen atoms in total. The molecule has 0 atom stereocenters. The minimum atomic E-state index is 0. The van der Waals surface area contributed by atoms with Crippen LogP contribution in [0, 0.1) is 5.92 Å². The summed E-state index contributed by atoms with van der Waals surface area (Å²) in [5.74, 6) is 1.83. The predicted molar refractivity (Wildman–Crippen MR) is 112 cm³/mol. The first-order chi connectivity index (χ1) is 10.8. The molecule has 0 aliphatic carbocycles. The zero-order valence-electron chi connectivity index (χ0n) is 14.4. The van der Waals surface area contributed by atoms with Gasteiger partial charge in [0.05, 0.1) is 0 Å². The largest absolute Gasteiger partial charge is 0.356 e. The van der Waals surface area contributed by atoms with Gasteiger partial charge in [0.2, 0.25) is 0 Å². The Morgan fingerprint density at radius 2 is 2.09 bits per heavy atom. The summed E-state index contributed by atoms with van der Waals surface area (Å²) in [6.45, 7) is 8.03. The van der Waals surface area contributed by atoms with E-state index in [1.807, 2.05) is 7.05 Å². The van der Waals surface area contributed by atoms with Crippen LogP contribution in [0.2, 0.25) is 0 Å². The lowest BCUT2D eigenvalue weighted by Crippen LogP contribution is -2.37. The fraction of sp³-hybridized carbons (Fsp3) is 0.706. The molecule has 23 heavy (non-hydrogen) atoms. The molecule has 0 amide bonds. The third kappa shape index (κ3) is 8.35. The summed E-state index contributed by atoms with van der Waals surface area (Å²) in [4.78, 5) is 6.89. The van der Waals surface area contributed by atoms with E-state index < -0.39 is 0 Å². The van der Waals surface area contributed by atoms with Gasteiger partial charge < -0.3 is 15.5 Å². The quantitative estimate of drug-likeness (QED) is 0.289. The van der Waals surface area contributed by atoms with Crippen molar-refractivity contribution in [3.8, 4) is 0 Å². The number of guanidine groups is 1. The van der Waals surface area contributed by atoms with E-state index in [4.69, 9.17) is 0 Å². The van der Waals surface area contributed by atoms with Crippen LogP contribution in [0.5, 0.6) is 0 Å². The molecule has 6 heteroatoms. The first-order valence-electron chi connectivity index (χ1n) is 8.46. The molecule has 1 aliphatic heterocycles. The highest BCUT2D eigenvalue weighted by molar-refractivity contribution is 14.0. The van der Waals surface area contributed by atoms with Crippen molar-refractivity contribution >= 4 is 41.3 Å². The van der Waals surface area contributed by atoms with E-state index in [-0.39, 0.29) is 24.0 Å². The number of thiophene rings is 1. The molecular weight excluding hydrogens is 419 g/mol. The number of piperidine rings is 1. The molecule has 0 saturated carbocycles. The van der Waals surface area contributed by atoms with E-state index in [0.29, 0.717) is 0 Å². The average Bonchev–Trinajstić information content (AvgIpc) is 3.05. The number of nitrogens with one attached hydrogen (secondary N) is 2. The Bertz CT molecular complexity index is 428. The maximum Gasteiger partial charge on any atom is 0.191 e. The van der Waals surface area contributed by atoms with Gasteiger partial charge in [-0.05, 0) is 73.6 Å². The van der Waals surface area contributed by atoms with Crippen LogP contribution in [0.25, 0.3) is 0 Å². The van der Waals surface area contributed by atoms with Crippen molar-refractivity contribution < 1.29 is 0 Å². The number of hydrogen-bond donors (Lipinski definition) is 2. The number of rotatable bonds is 7. The van der Waals surface area contributed by atoms with Crippen molar-refractivity contribution in [1.29, 1.82) is 0 Å². The molecule has 1 fully saturated rings. The van der Waals surface area contributed by atoms with Gasteiger partial charge in [-0.15, -0.1) is 24.0 Å². The third-order valence-electron chi connectivity index (χ3n) is 4.33. The molecule has 2 N–H and O–H groups in total. The van der Waals surface area contributed by atoms with E-state index in [1.54, 1.807) is 11.3 Å². The summed E-state index contributed by atoms with van der Waals surface area (Å²) < 4.78 is 0. The maximum absolute atomic E-state index is 4.27. The first kappa shape index (κ1) is 20.7. The molecular formula is C17H31IN4S. The average molecular weight is 450 g/mol. The van der Waals surface area contributed by atoms with Gasteiger partial charge in [-0.1, -0.05) is 6.92 Å². The van der Waals surface area contributed by atoms with Crippen LogP contribution >= 0.6 is 35.3 Å². The number of halogens is 1. The summed E-state index contributed by atoms with van der Waals surface area (Å²) in [5, 5.41) is 11.0. The minimum Gasteiger partial charge on any atom is -0.356 e. The van der Waals surface area contributed by atoms with Crippen molar-refractivity contribution in [2.24, 2.45) is 10.9 Å². The van der Waals surface area contributed by atoms with Crippen molar-refractivity contribution in [2.45, 2.75) is 39.2 Å². The maximum atomic E-state index is 4.27. The summed E-state index contributed by atoms with van der Waals surface area (Å²) in [7, 11) is 1.83. The van der Waals surface area contributed by atoms with Crippen LogP contribution in [0.15, 0.2) is 21.8 Å². The Balaban J connectivity index is 0.00000264. The standard InChI is InChI=1S/C17H30N4S.HI/c1-15-5-10-21(11-6-15)9-4-3-8-19-17(18-2)20-13-16-7-12-22-14-16;/h7,12,14-15H,3-6,8-11,13H2,1-2H3,(H2,18,19,20);1H. The van der Waals surface area contributed by atoms with E-state index in [2.05, 4.69) is 44.3 Å². The van der Waals surface area contributed by atoms with Crippen LogP contribution in [-0.4, -0.2) is 44.1 Å². The zero-order valence-corrected chi connectivity index (χ0v) is 17.5. The molecule has 0 bridgehead atoms. The van der Waals surface area contributed by atoms with E-state index in [0.717, 1.165) is 25.0 Å². The van der Waals surface area contributed by atoms with Crippen molar-refractivity contribution in [2.75, 3.05) is 33.2 Å². The van der Waals surface area contributed by atoms with Crippen LogP contribution in [0.4, 0.5) is 0 Å². The summed E-state index contributed by atoms with van der Waals surface area (Å²) in [5.41, 5.74) is 1.31. The lowest BCUT2D eigenvalue weighted by Gasteiger charge is -2.30. The lowest BCUT2D eigenvalue weighted by molar-refractivity contribution is 0.189. The highest BCUT2D eigenvalue weighted by Crippen LogP contribution is 2.16. The molecule has 1 saturated heterocycles. The Labute approximate surface area is 162 Å². The topological polar surface area (TPSA) is 39.7 Å². The number of unbranched alkanes of at least 4 members (excludes halogenated alkanes) is 1. The molecule has 2 heterocycles. The fourth-order valence-corrected chi connectivity index (χ4v) is 3.42. The van der Waals surface area contributed by atoms with Crippen molar-refractivity contribution in [1.82, 2.24) is 15.5 Å². The molecule has 2 rings (SSSR count). The Hall–Kier alpha value is -0.340. The second-order valence-corrected chi connectivity index (χ2v) is 7.00. The first-order valence-corrected chi connectivity index (χ1v) is 9.40. The molecule has 0 unspecified atom stereocenters. The second kappa shape index (κ2) is 12.1. The third-order valence-corrected chi connectivity index (χ3v) is 5.07. The van der Waals surface area contributed by atoms with Gasteiger partial charge in [-0.3, -0.25) is 4.99 Å². The predicted octanol–water partition coefficient (Wildman–Crippen LogP) is 3.54. The van der Waals surface area contributed by atoms with Gasteiger partial charge in [-0.2, -0.15) is 11.3 Å². The van der Waals surface area contributed by atoms with Crippen LogP contribution in [0.1, 0.15) is 38.2 Å². The molecule has 1 aliphatic rings. The monoisotopic (exact) mass is 450 g/mol. The van der Waals surface area contributed by atoms with Crippen LogP contribution < -0.4 is 10.6 Å². The summed E-state index contributed by atoms with van der Waals surface area (Å²) in [6.07, 6.45) is 5.21. The normalized spacial score (nSPS) is 16.9. The van der Waals surface area contributed by atoms with Crippen molar-refractivity contribution in [3.05, 3.63) is 22.4 Å². The van der Waals surface area contributed by atoms with Gasteiger partial charge in [0, 0.05) is 20.1 Å². The smallest absolute Gasteiger partial charge is 0.191 e. The number of nitrogens with zero attached hydrogens (tertiary/aromatic N) is 2. The van der Waals surface area contributed by atoms with Crippen LogP contribution in [0.3, 0.4) is 0 Å². The Kier molecular flexibility index (Phi) is 10.9. The number of likely N-dealkylation sites (tertiary alicyclic amines) is 1. The van der Waals surface area contributed by atoms with Crippen LogP contribution in [-0.2, 0) is 6.54 Å². The van der Waals surface area contributed by atoms with Gasteiger partial charge in [-0.25, -0.2) is 0 Å². The van der Waals surface area contributed by atoms with Gasteiger partial charge in [0.1, 0.15) is 0 Å². The summed E-state index contributed by atoms with van der Waals surface area (Å²) >= 11 is 1.73. The molecule has 0 aromatic carbocycles. The van der Waals surface area contributed by atoms with E-state index >= 15 is 0 Å². The van der Waals surface area contributed by atoms with E-state index in [9.17, 15) is 0 Å². The second-order valence-electron chi connectivity index (χ2n) is 6.22. The molecule has 1 aromatic heterocycles. The zero-order chi connectivity index (χ0) is 15.6.